The van der Waals surface area contributed by atoms with Gasteiger partial charge in [-0.15, -0.1) is 0 Å². The molecule has 1 aliphatic heterocycles. The van der Waals surface area contributed by atoms with E-state index in [4.69, 9.17) is 4.74 Å². The van der Waals surface area contributed by atoms with Crippen molar-refractivity contribution >= 4 is 34.0 Å². The van der Waals surface area contributed by atoms with E-state index < -0.39 is 0 Å². The van der Waals surface area contributed by atoms with Crippen LogP contribution in [0.2, 0.25) is 0 Å². The minimum Gasteiger partial charge on any atom is -0.378 e. The molecule has 140 valence electrons. The minimum atomic E-state index is 0.633. The topological polar surface area (TPSA) is 53.5 Å². The summed E-state index contributed by atoms with van der Waals surface area (Å²) in [5.41, 5.74) is 3.44. The summed E-state index contributed by atoms with van der Waals surface area (Å²) < 4.78 is 9.89. The second-order valence-corrected chi connectivity index (χ2v) is 7.25. The number of benzene rings is 2. The molecular weight excluding hydrogens is 358 g/mol. The van der Waals surface area contributed by atoms with E-state index in [1.54, 1.807) is 0 Å². The highest BCUT2D eigenvalue weighted by atomic mass is 32.1. The summed E-state index contributed by atoms with van der Waals surface area (Å²) in [4.78, 5) is 9.08. The van der Waals surface area contributed by atoms with E-state index in [2.05, 4.69) is 66.9 Å². The Balaban J connectivity index is 1.41. The minimum absolute atomic E-state index is 0.633. The maximum Gasteiger partial charge on any atom is 0.240 e. The van der Waals surface area contributed by atoms with Crippen LogP contribution in [-0.4, -0.2) is 42.7 Å². The van der Waals surface area contributed by atoms with Crippen molar-refractivity contribution in [3.63, 3.8) is 0 Å². The maximum atomic E-state index is 5.43. The molecule has 2 heterocycles. The Morgan fingerprint density at radius 3 is 2.74 bits per heavy atom. The zero-order valence-corrected chi connectivity index (χ0v) is 16.2. The summed E-state index contributed by atoms with van der Waals surface area (Å²) >= 11 is 1.40. The summed E-state index contributed by atoms with van der Waals surface area (Å²) in [6.45, 7) is 4.21. The van der Waals surface area contributed by atoms with Crippen molar-refractivity contribution in [3.05, 3.63) is 60.2 Å². The van der Waals surface area contributed by atoms with Crippen molar-refractivity contribution in [2.45, 2.75) is 6.54 Å². The van der Waals surface area contributed by atoms with Crippen LogP contribution in [0.15, 0.2) is 54.6 Å². The van der Waals surface area contributed by atoms with E-state index in [1.165, 1.54) is 22.8 Å². The summed E-state index contributed by atoms with van der Waals surface area (Å²) in [6.07, 6.45) is 0. The molecule has 6 nitrogen and oxygen atoms in total. The van der Waals surface area contributed by atoms with E-state index >= 15 is 0 Å². The van der Waals surface area contributed by atoms with Gasteiger partial charge in [0.05, 0.1) is 13.2 Å². The molecule has 1 aromatic heterocycles. The van der Waals surface area contributed by atoms with Gasteiger partial charge in [-0.25, -0.2) is 0 Å². The van der Waals surface area contributed by atoms with E-state index in [-0.39, 0.29) is 0 Å². The smallest absolute Gasteiger partial charge is 0.240 e. The number of rotatable bonds is 6. The van der Waals surface area contributed by atoms with Crippen LogP contribution in [-0.2, 0) is 11.3 Å². The Morgan fingerprint density at radius 2 is 1.93 bits per heavy atom. The first-order valence-electron chi connectivity index (χ1n) is 9.06. The van der Waals surface area contributed by atoms with Gasteiger partial charge in [0.15, 0.2) is 0 Å². The largest absolute Gasteiger partial charge is 0.378 e. The van der Waals surface area contributed by atoms with Crippen LogP contribution in [0.5, 0.6) is 0 Å². The molecule has 2 aromatic carbocycles. The molecule has 1 fully saturated rings. The van der Waals surface area contributed by atoms with Crippen molar-refractivity contribution in [2.24, 2.45) is 0 Å². The fourth-order valence-corrected chi connectivity index (χ4v) is 3.66. The van der Waals surface area contributed by atoms with E-state index in [9.17, 15) is 0 Å². The van der Waals surface area contributed by atoms with Gasteiger partial charge in [-0.05, 0) is 23.8 Å². The Hall–Kier alpha value is -2.64. The van der Waals surface area contributed by atoms with E-state index in [1.807, 2.05) is 19.2 Å². The number of hydrogen-bond donors (Lipinski definition) is 1. The predicted molar refractivity (Wildman–Crippen MR) is 111 cm³/mol. The van der Waals surface area contributed by atoms with Gasteiger partial charge in [0.25, 0.3) is 0 Å². The van der Waals surface area contributed by atoms with Crippen LogP contribution >= 0.6 is 11.5 Å². The number of hydrogen-bond acceptors (Lipinski definition) is 7. The third-order valence-corrected chi connectivity index (χ3v) is 5.31. The molecule has 0 amide bonds. The van der Waals surface area contributed by atoms with Crippen molar-refractivity contribution in [2.75, 3.05) is 48.5 Å². The van der Waals surface area contributed by atoms with Gasteiger partial charge in [0, 0.05) is 49.6 Å². The highest BCUT2D eigenvalue weighted by molar-refractivity contribution is 7.09. The Kier molecular flexibility index (Phi) is 5.50. The van der Waals surface area contributed by atoms with Crippen LogP contribution in [0.4, 0.5) is 22.5 Å². The van der Waals surface area contributed by atoms with Crippen LogP contribution in [0, 0.1) is 0 Å². The van der Waals surface area contributed by atoms with Gasteiger partial charge in [-0.1, -0.05) is 36.4 Å². The summed E-state index contributed by atoms with van der Waals surface area (Å²) in [7, 11) is 2.04. The fourth-order valence-electron chi connectivity index (χ4n) is 3.08. The molecule has 7 heteroatoms. The van der Waals surface area contributed by atoms with Crippen molar-refractivity contribution in [3.8, 4) is 0 Å². The first-order chi connectivity index (χ1) is 13.3. The molecule has 3 aromatic rings. The Labute approximate surface area is 163 Å². The van der Waals surface area contributed by atoms with Crippen LogP contribution in [0.25, 0.3) is 0 Å². The molecule has 0 saturated carbocycles. The van der Waals surface area contributed by atoms with Gasteiger partial charge in [0.2, 0.25) is 11.1 Å². The van der Waals surface area contributed by atoms with Gasteiger partial charge in [0.1, 0.15) is 0 Å². The normalized spacial score (nSPS) is 14.2. The zero-order valence-electron chi connectivity index (χ0n) is 15.3. The average Bonchev–Trinajstić information content (AvgIpc) is 3.18. The zero-order chi connectivity index (χ0) is 18.5. The van der Waals surface area contributed by atoms with E-state index in [0.717, 1.165) is 43.7 Å². The lowest BCUT2D eigenvalue weighted by atomic mass is 10.2. The predicted octanol–water partition coefficient (Wildman–Crippen LogP) is 3.75. The first kappa shape index (κ1) is 17.8. The van der Waals surface area contributed by atoms with Crippen molar-refractivity contribution in [1.82, 2.24) is 9.36 Å². The molecule has 0 radical (unpaired) electrons. The molecule has 0 atom stereocenters. The third kappa shape index (κ3) is 4.56. The molecule has 4 rings (SSSR count). The van der Waals surface area contributed by atoms with Gasteiger partial charge >= 0.3 is 0 Å². The molecular formula is C20H23N5OS. The van der Waals surface area contributed by atoms with Crippen LogP contribution in [0.1, 0.15) is 5.56 Å². The Morgan fingerprint density at radius 1 is 1.11 bits per heavy atom. The molecule has 1 N–H and O–H groups in total. The first-order valence-corrected chi connectivity index (χ1v) is 9.84. The second-order valence-electron chi connectivity index (χ2n) is 6.52. The van der Waals surface area contributed by atoms with Crippen LogP contribution in [0.3, 0.4) is 0 Å². The molecule has 0 spiro atoms. The molecule has 1 saturated heterocycles. The number of nitrogens with zero attached hydrogens (tertiary/aromatic N) is 4. The average molecular weight is 382 g/mol. The lowest BCUT2D eigenvalue weighted by molar-refractivity contribution is 0.122. The molecule has 0 bridgehead atoms. The third-order valence-electron chi connectivity index (χ3n) is 4.48. The number of aromatic nitrogens is 2. The Bertz CT molecular complexity index is 864. The number of nitrogens with one attached hydrogen (secondary N) is 1. The monoisotopic (exact) mass is 381 g/mol. The van der Waals surface area contributed by atoms with Gasteiger partial charge < -0.3 is 19.9 Å². The molecule has 27 heavy (non-hydrogen) atoms. The quantitative estimate of drug-likeness (QED) is 0.702. The van der Waals surface area contributed by atoms with Gasteiger partial charge in [-0.2, -0.15) is 9.36 Å². The highest BCUT2D eigenvalue weighted by Crippen LogP contribution is 2.25. The summed E-state index contributed by atoms with van der Waals surface area (Å²) in [5, 5.41) is 4.22. The van der Waals surface area contributed by atoms with E-state index in [0.29, 0.717) is 5.95 Å². The highest BCUT2D eigenvalue weighted by Gasteiger charge is 2.13. The molecule has 0 unspecified atom stereocenters. The molecule has 0 aliphatic carbocycles. The van der Waals surface area contributed by atoms with Crippen molar-refractivity contribution in [1.29, 1.82) is 0 Å². The number of anilines is 4. The second kappa shape index (κ2) is 8.37. The van der Waals surface area contributed by atoms with Crippen molar-refractivity contribution < 1.29 is 4.74 Å². The lowest BCUT2D eigenvalue weighted by Crippen LogP contribution is -2.36. The standard InChI is InChI=1S/C20H23N5OS/c1-24(15-16-6-3-2-4-7-16)20-22-19(23-27-20)21-17-8-5-9-18(14-17)25-10-12-26-13-11-25/h2-9,14H,10-13,15H2,1H3,(H,21,23). The lowest BCUT2D eigenvalue weighted by Gasteiger charge is -2.29. The number of ether oxygens (including phenoxy) is 1. The van der Waals surface area contributed by atoms with Crippen LogP contribution < -0.4 is 15.1 Å². The molecule has 1 aliphatic rings. The van der Waals surface area contributed by atoms with Gasteiger partial charge in [-0.3, -0.25) is 0 Å². The summed E-state index contributed by atoms with van der Waals surface area (Å²) in [5.74, 6) is 0.633. The fraction of sp³-hybridized carbons (Fsp3) is 0.300. The number of morpholine rings is 1. The SMILES string of the molecule is CN(Cc1ccccc1)c1nc(Nc2cccc(N3CCOCC3)c2)ns1. The summed E-state index contributed by atoms with van der Waals surface area (Å²) in [6, 6.07) is 18.7. The maximum absolute atomic E-state index is 5.43.